The molecule has 0 bridgehead atoms. The molecule has 1 N–H and O–H groups in total. The van der Waals surface area contributed by atoms with E-state index in [1.54, 1.807) is 43.3 Å². The summed E-state index contributed by atoms with van der Waals surface area (Å²) < 4.78 is 28.0. The number of halogens is 4. The van der Waals surface area contributed by atoms with Gasteiger partial charge in [0.2, 0.25) is 5.91 Å². The molecular weight excluding hydrogens is 471 g/mol. The lowest BCUT2D eigenvalue weighted by Crippen LogP contribution is -2.42. The van der Waals surface area contributed by atoms with Crippen molar-refractivity contribution in [2.24, 2.45) is 4.99 Å². The summed E-state index contributed by atoms with van der Waals surface area (Å²) in [5.41, 5.74) is 1.54. The second-order valence-electron chi connectivity index (χ2n) is 7.40. The minimum absolute atomic E-state index is 0.143. The summed E-state index contributed by atoms with van der Waals surface area (Å²) in [4.78, 5) is 31.7. The zero-order chi connectivity index (χ0) is 23.7. The summed E-state index contributed by atoms with van der Waals surface area (Å²) >= 11 is 12.0. The van der Waals surface area contributed by atoms with Crippen LogP contribution in [0, 0.1) is 11.6 Å². The molecule has 1 aliphatic rings. The van der Waals surface area contributed by atoms with Gasteiger partial charge in [0.25, 0.3) is 5.91 Å². The summed E-state index contributed by atoms with van der Waals surface area (Å²) in [6, 6.07) is 13.7. The van der Waals surface area contributed by atoms with Crippen molar-refractivity contribution in [3.63, 3.8) is 0 Å². The Morgan fingerprint density at radius 3 is 2.52 bits per heavy atom. The lowest BCUT2D eigenvalue weighted by molar-refractivity contribution is -0.122. The minimum atomic E-state index is -0.890. The fourth-order valence-corrected chi connectivity index (χ4v) is 3.90. The maximum Gasteiger partial charge on any atom is 0.252 e. The Labute approximate surface area is 198 Å². The number of nitrogens with zero attached hydrogens (tertiary/aromatic N) is 2. The van der Waals surface area contributed by atoms with Gasteiger partial charge in [-0.1, -0.05) is 35.3 Å². The van der Waals surface area contributed by atoms with Gasteiger partial charge >= 0.3 is 0 Å². The van der Waals surface area contributed by atoms with Gasteiger partial charge in [-0.3, -0.25) is 14.6 Å². The third-order valence-corrected chi connectivity index (χ3v) is 5.61. The first-order chi connectivity index (χ1) is 15.7. The number of benzodiazepines with no additional fused rings is 1. The molecule has 3 aromatic carbocycles. The predicted molar refractivity (Wildman–Crippen MR) is 125 cm³/mol. The van der Waals surface area contributed by atoms with Crippen molar-refractivity contribution >= 4 is 52.1 Å². The average molecular weight is 488 g/mol. The minimum Gasteiger partial charge on any atom is -0.324 e. The highest BCUT2D eigenvalue weighted by Crippen LogP contribution is 2.31. The van der Waals surface area contributed by atoms with E-state index in [9.17, 15) is 18.4 Å². The summed E-state index contributed by atoms with van der Waals surface area (Å²) in [5.74, 6) is -2.10. The van der Waals surface area contributed by atoms with Crippen LogP contribution >= 0.6 is 23.2 Å². The van der Waals surface area contributed by atoms with E-state index in [2.05, 4.69) is 10.3 Å². The molecule has 1 unspecified atom stereocenters. The molecular formula is C24H17Cl2F2N3O2. The molecule has 1 heterocycles. The van der Waals surface area contributed by atoms with Crippen LogP contribution in [0.5, 0.6) is 0 Å². The average Bonchev–Trinajstić information content (AvgIpc) is 2.87. The fraction of sp³-hybridized carbons (Fsp3) is 0.125. The van der Waals surface area contributed by atoms with E-state index in [4.69, 9.17) is 23.2 Å². The zero-order valence-electron chi connectivity index (χ0n) is 17.3. The molecule has 33 heavy (non-hydrogen) atoms. The Morgan fingerprint density at radius 2 is 1.79 bits per heavy atom. The maximum atomic E-state index is 14.6. The van der Waals surface area contributed by atoms with Crippen LogP contribution < -0.4 is 10.2 Å². The summed E-state index contributed by atoms with van der Waals surface area (Å²) in [7, 11) is 0. The van der Waals surface area contributed by atoms with Gasteiger partial charge in [0, 0.05) is 21.8 Å². The van der Waals surface area contributed by atoms with Gasteiger partial charge in [-0.05, 0) is 55.5 Å². The number of rotatable bonds is 4. The monoisotopic (exact) mass is 487 g/mol. The summed E-state index contributed by atoms with van der Waals surface area (Å²) in [5, 5.41) is 2.82. The first kappa shape index (κ1) is 22.9. The van der Waals surface area contributed by atoms with Crippen molar-refractivity contribution in [3.8, 4) is 0 Å². The van der Waals surface area contributed by atoms with Gasteiger partial charge in [0.05, 0.1) is 16.4 Å². The Hall–Kier alpha value is -3.29. The van der Waals surface area contributed by atoms with Crippen LogP contribution in [0.15, 0.2) is 65.7 Å². The molecule has 2 amide bonds. The SMILES string of the molecule is CC1N=C(c2ccccc2F)c2cc(Cl)ccc2N(CC(=O)Nc2ccc(F)c(Cl)c2)C1=O. The molecule has 1 atom stereocenters. The molecule has 9 heteroatoms. The third kappa shape index (κ3) is 4.74. The summed E-state index contributed by atoms with van der Waals surface area (Å²) in [6.07, 6.45) is 0. The highest BCUT2D eigenvalue weighted by Gasteiger charge is 2.31. The van der Waals surface area contributed by atoms with Crippen molar-refractivity contribution < 1.29 is 18.4 Å². The maximum absolute atomic E-state index is 14.6. The number of aliphatic imine (C=N–C) groups is 1. The van der Waals surface area contributed by atoms with Gasteiger partial charge in [0.15, 0.2) is 0 Å². The number of benzene rings is 3. The number of carbonyl (C=O) groups excluding carboxylic acids is 2. The molecule has 0 spiro atoms. The van der Waals surface area contributed by atoms with Crippen molar-refractivity contribution in [2.75, 3.05) is 16.8 Å². The fourth-order valence-electron chi connectivity index (χ4n) is 3.54. The first-order valence-corrected chi connectivity index (χ1v) is 10.7. The number of amides is 2. The predicted octanol–water partition coefficient (Wildman–Crippen LogP) is 5.48. The molecule has 1 aliphatic heterocycles. The van der Waals surface area contributed by atoms with Crippen molar-refractivity contribution in [1.82, 2.24) is 0 Å². The molecule has 4 rings (SSSR count). The Kier molecular flexibility index (Phi) is 6.44. The van der Waals surface area contributed by atoms with E-state index >= 15 is 0 Å². The normalized spacial score (nSPS) is 15.5. The quantitative estimate of drug-likeness (QED) is 0.529. The second kappa shape index (κ2) is 9.29. The molecule has 0 saturated heterocycles. The number of hydrogen-bond acceptors (Lipinski definition) is 3. The molecule has 168 valence electrons. The van der Waals surface area contributed by atoms with Crippen LogP contribution in [0.25, 0.3) is 0 Å². The number of hydrogen-bond donors (Lipinski definition) is 1. The van der Waals surface area contributed by atoms with E-state index in [1.165, 1.54) is 23.1 Å². The number of nitrogens with one attached hydrogen (secondary N) is 1. The van der Waals surface area contributed by atoms with Crippen molar-refractivity contribution in [1.29, 1.82) is 0 Å². The van der Waals surface area contributed by atoms with Crippen molar-refractivity contribution in [3.05, 3.63) is 93.5 Å². The first-order valence-electron chi connectivity index (χ1n) is 9.93. The third-order valence-electron chi connectivity index (χ3n) is 5.08. The van der Waals surface area contributed by atoms with Gasteiger partial charge in [-0.15, -0.1) is 0 Å². The van der Waals surface area contributed by atoms with Crippen LogP contribution in [0.4, 0.5) is 20.2 Å². The molecule has 0 fully saturated rings. The van der Waals surface area contributed by atoms with E-state index in [0.717, 1.165) is 6.07 Å². The number of anilines is 2. The van der Waals surface area contributed by atoms with Crippen LogP contribution in [0.1, 0.15) is 18.1 Å². The smallest absolute Gasteiger partial charge is 0.252 e. The Balaban J connectivity index is 1.72. The zero-order valence-corrected chi connectivity index (χ0v) is 18.8. The Bertz CT molecular complexity index is 1300. The lowest BCUT2D eigenvalue weighted by Gasteiger charge is -2.24. The van der Waals surface area contributed by atoms with E-state index in [0.29, 0.717) is 16.3 Å². The lowest BCUT2D eigenvalue weighted by atomic mass is 9.99. The molecule has 0 aliphatic carbocycles. The van der Waals surface area contributed by atoms with Crippen LogP contribution in [0.2, 0.25) is 10.0 Å². The van der Waals surface area contributed by atoms with Crippen molar-refractivity contribution in [2.45, 2.75) is 13.0 Å². The highest BCUT2D eigenvalue weighted by atomic mass is 35.5. The standard InChI is InChI=1S/C24H17Cl2F2N3O2/c1-13-24(33)31(12-22(32)30-15-7-8-20(28)18(26)11-15)21-9-6-14(25)10-17(21)23(29-13)16-4-2-3-5-19(16)27/h2-11,13H,12H2,1H3,(H,30,32). The molecule has 0 saturated carbocycles. The van der Waals surface area contributed by atoms with Gasteiger partial charge < -0.3 is 10.2 Å². The molecule has 0 radical (unpaired) electrons. The van der Waals surface area contributed by atoms with Gasteiger partial charge in [0.1, 0.15) is 24.2 Å². The molecule has 5 nitrogen and oxygen atoms in total. The van der Waals surface area contributed by atoms with Gasteiger partial charge in [-0.2, -0.15) is 0 Å². The number of fused-ring (bicyclic) bond motifs is 1. The van der Waals surface area contributed by atoms with E-state index in [1.807, 2.05) is 0 Å². The molecule has 0 aromatic heterocycles. The van der Waals surface area contributed by atoms with Crippen LogP contribution in [-0.2, 0) is 9.59 Å². The molecule has 3 aromatic rings. The number of carbonyl (C=O) groups is 2. The van der Waals surface area contributed by atoms with E-state index in [-0.39, 0.29) is 28.5 Å². The highest BCUT2D eigenvalue weighted by molar-refractivity contribution is 6.32. The largest absolute Gasteiger partial charge is 0.324 e. The summed E-state index contributed by atoms with van der Waals surface area (Å²) in [6.45, 7) is 1.22. The topological polar surface area (TPSA) is 61.8 Å². The van der Waals surface area contributed by atoms with Crippen LogP contribution in [0.3, 0.4) is 0 Å². The van der Waals surface area contributed by atoms with Crippen LogP contribution in [-0.4, -0.2) is 30.1 Å². The Morgan fingerprint density at radius 1 is 1.03 bits per heavy atom. The van der Waals surface area contributed by atoms with E-state index < -0.39 is 29.5 Å². The second-order valence-corrected chi connectivity index (χ2v) is 8.24. The van der Waals surface area contributed by atoms with Gasteiger partial charge in [-0.25, -0.2) is 8.78 Å².